The molecular weight excluding hydrogens is 265 g/mol. The highest BCUT2D eigenvalue weighted by atomic mass is 19.4. The maximum absolute atomic E-state index is 13.1. The van der Waals surface area contributed by atoms with E-state index in [9.17, 15) is 22.0 Å². The van der Waals surface area contributed by atoms with Crippen LogP contribution in [0.1, 0.15) is 30.4 Å². The van der Waals surface area contributed by atoms with Crippen molar-refractivity contribution in [3.8, 4) is 6.07 Å². The molecule has 1 aliphatic carbocycles. The molecule has 1 aliphatic rings. The molecule has 2 rings (SSSR count). The molecule has 1 nitrogen and oxygen atoms in total. The molecule has 6 heteroatoms. The van der Waals surface area contributed by atoms with Gasteiger partial charge in [-0.05, 0) is 24.8 Å². The summed E-state index contributed by atoms with van der Waals surface area (Å²) in [5.41, 5.74) is -1.31. The number of halogens is 5. The topological polar surface area (TPSA) is 23.8 Å². The summed E-state index contributed by atoms with van der Waals surface area (Å²) in [4.78, 5) is 0. The molecule has 0 unspecified atom stereocenters. The fraction of sp³-hybridized carbons (Fsp3) is 0.462. The van der Waals surface area contributed by atoms with Crippen LogP contribution in [0.25, 0.3) is 0 Å². The molecule has 1 aromatic rings. The molecule has 0 heterocycles. The zero-order valence-electron chi connectivity index (χ0n) is 9.77. The Bertz CT molecular complexity index is 505. The Hall–Kier alpha value is -1.64. The van der Waals surface area contributed by atoms with Crippen molar-refractivity contribution in [2.75, 3.05) is 0 Å². The quantitative estimate of drug-likeness (QED) is 0.739. The highest BCUT2D eigenvalue weighted by molar-refractivity contribution is 5.38. The SMILES string of the molecule is N#CC1(c2ccc(C(F)(F)C(F)(F)F)cc2)CCC1. The molecule has 0 aliphatic heterocycles. The first kappa shape index (κ1) is 13.8. The molecule has 0 N–H and O–H groups in total. The Morgan fingerprint density at radius 3 is 1.84 bits per heavy atom. The molecule has 1 aromatic carbocycles. The van der Waals surface area contributed by atoms with E-state index in [2.05, 4.69) is 6.07 Å². The van der Waals surface area contributed by atoms with Gasteiger partial charge in [0.05, 0.1) is 11.5 Å². The first-order valence-electron chi connectivity index (χ1n) is 5.70. The van der Waals surface area contributed by atoms with Gasteiger partial charge >= 0.3 is 12.1 Å². The third kappa shape index (κ3) is 2.07. The standard InChI is InChI=1S/C13H10F5N/c14-12(15,13(16,17)18)10-4-2-9(3-5-10)11(8-19)6-1-7-11/h2-5H,1,6-7H2. The molecule has 0 amide bonds. The summed E-state index contributed by atoms with van der Waals surface area (Å²) in [6, 6.07) is 5.99. The van der Waals surface area contributed by atoms with Gasteiger partial charge in [0.1, 0.15) is 0 Å². The van der Waals surface area contributed by atoms with Crippen molar-refractivity contribution in [1.82, 2.24) is 0 Å². The molecular formula is C13H10F5N. The normalized spacial score (nSPS) is 18.5. The van der Waals surface area contributed by atoms with E-state index in [1.807, 2.05) is 0 Å². The molecule has 0 aromatic heterocycles. The van der Waals surface area contributed by atoms with Crippen molar-refractivity contribution in [2.24, 2.45) is 0 Å². The Morgan fingerprint density at radius 1 is 1.00 bits per heavy atom. The first-order valence-corrected chi connectivity index (χ1v) is 5.70. The molecule has 19 heavy (non-hydrogen) atoms. The van der Waals surface area contributed by atoms with E-state index < -0.39 is 23.1 Å². The molecule has 0 spiro atoms. The predicted octanol–water partition coefficient (Wildman–Crippen LogP) is 4.29. The van der Waals surface area contributed by atoms with Gasteiger partial charge in [0.15, 0.2) is 0 Å². The molecule has 0 saturated heterocycles. The molecule has 102 valence electrons. The maximum Gasteiger partial charge on any atom is 0.458 e. The van der Waals surface area contributed by atoms with Gasteiger partial charge in [0.25, 0.3) is 0 Å². The van der Waals surface area contributed by atoms with Gasteiger partial charge in [-0.1, -0.05) is 24.3 Å². The second kappa shape index (κ2) is 4.19. The fourth-order valence-corrected chi connectivity index (χ4v) is 2.16. The van der Waals surface area contributed by atoms with Crippen LogP contribution in [0.4, 0.5) is 22.0 Å². The van der Waals surface area contributed by atoms with Crippen LogP contribution in [0.15, 0.2) is 24.3 Å². The Kier molecular flexibility index (Phi) is 3.04. The van der Waals surface area contributed by atoms with Crippen LogP contribution in [0.5, 0.6) is 0 Å². The lowest BCUT2D eigenvalue weighted by atomic mass is 9.65. The monoisotopic (exact) mass is 275 g/mol. The maximum atomic E-state index is 13.1. The van der Waals surface area contributed by atoms with E-state index >= 15 is 0 Å². The smallest absolute Gasteiger partial charge is 0.197 e. The third-order valence-corrected chi connectivity index (χ3v) is 3.58. The Labute approximate surface area is 106 Å². The van der Waals surface area contributed by atoms with Gasteiger partial charge in [-0.2, -0.15) is 27.2 Å². The number of hydrogen-bond donors (Lipinski definition) is 0. The summed E-state index contributed by atoms with van der Waals surface area (Å²) in [5, 5.41) is 9.07. The number of benzene rings is 1. The Morgan fingerprint density at radius 2 is 1.53 bits per heavy atom. The number of alkyl halides is 5. The lowest BCUT2D eigenvalue weighted by Crippen LogP contribution is -2.34. The van der Waals surface area contributed by atoms with Gasteiger partial charge < -0.3 is 0 Å². The highest BCUT2D eigenvalue weighted by Crippen LogP contribution is 2.46. The van der Waals surface area contributed by atoms with E-state index in [0.717, 1.165) is 18.6 Å². The minimum absolute atomic E-state index is 0.503. The van der Waals surface area contributed by atoms with E-state index in [-0.39, 0.29) is 0 Å². The largest absolute Gasteiger partial charge is 0.458 e. The van der Waals surface area contributed by atoms with E-state index in [1.54, 1.807) is 0 Å². The van der Waals surface area contributed by atoms with Crippen molar-refractivity contribution in [3.05, 3.63) is 35.4 Å². The number of rotatable bonds is 2. The van der Waals surface area contributed by atoms with Crippen LogP contribution in [0.3, 0.4) is 0 Å². The lowest BCUT2D eigenvalue weighted by molar-refractivity contribution is -0.289. The summed E-state index contributed by atoms with van der Waals surface area (Å²) in [5.74, 6) is -4.87. The van der Waals surface area contributed by atoms with E-state index in [1.165, 1.54) is 12.1 Å². The van der Waals surface area contributed by atoms with Crippen LogP contribution in [0, 0.1) is 11.3 Å². The van der Waals surface area contributed by atoms with Gasteiger partial charge in [-0.25, -0.2) is 0 Å². The van der Waals surface area contributed by atoms with Gasteiger partial charge in [0, 0.05) is 5.56 Å². The highest BCUT2D eigenvalue weighted by Gasteiger charge is 2.58. The molecule has 0 atom stereocenters. The van der Waals surface area contributed by atoms with Crippen LogP contribution >= 0.6 is 0 Å². The fourth-order valence-electron chi connectivity index (χ4n) is 2.16. The summed E-state index contributed by atoms with van der Waals surface area (Å²) in [6.45, 7) is 0. The molecule has 0 radical (unpaired) electrons. The second-order valence-electron chi connectivity index (χ2n) is 4.70. The summed E-state index contributed by atoms with van der Waals surface area (Å²) < 4.78 is 62.7. The molecule has 1 saturated carbocycles. The van der Waals surface area contributed by atoms with Gasteiger partial charge in [0.2, 0.25) is 0 Å². The average molecular weight is 275 g/mol. The number of hydrogen-bond acceptors (Lipinski definition) is 1. The van der Waals surface area contributed by atoms with Gasteiger partial charge in [-0.15, -0.1) is 0 Å². The zero-order valence-corrected chi connectivity index (χ0v) is 9.77. The van der Waals surface area contributed by atoms with Crippen LogP contribution < -0.4 is 0 Å². The lowest BCUT2D eigenvalue weighted by Gasteiger charge is -2.35. The van der Waals surface area contributed by atoms with E-state index in [4.69, 9.17) is 5.26 Å². The summed E-state index contributed by atoms with van der Waals surface area (Å²) >= 11 is 0. The van der Waals surface area contributed by atoms with Crippen LogP contribution in [-0.2, 0) is 11.3 Å². The first-order chi connectivity index (χ1) is 8.73. The third-order valence-electron chi connectivity index (χ3n) is 3.58. The van der Waals surface area contributed by atoms with Crippen LogP contribution in [-0.4, -0.2) is 6.18 Å². The number of nitrogens with zero attached hydrogens (tertiary/aromatic N) is 1. The summed E-state index contributed by atoms with van der Waals surface area (Å²) in [7, 11) is 0. The van der Waals surface area contributed by atoms with Crippen LogP contribution in [0.2, 0.25) is 0 Å². The zero-order chi connectivity index (χ0) is 14.3. The second-order valence-corrected chi connectivity index (χ2v) is 4.70. The van der Waals surface area contributed by atoms with Crippen molar-refractivity contribution in [1.29, 1.82) is 5.26 Å². The van der Waals surface area contributed by atoms with Crippen molar-refractivity contribution >= 4 is 0 Å². The predicted molar refractivity (Wildman–Crippen MR) is 57.5 cm³/mol. The molecule has 1 fully saturated rings. The molecule has 0 bridgehead atoms. The average Bonchev–Trinajstić information content (AvgIpc) is 2.27. The number of nitriles is 1. The minimum atomic E-state index is -5.61. The van der Waals surface area contributed by atoms with Gasteiger partial charge in [-0.3, -0.25) is 0 Å². The minimum Gasteiger partial charge on any atom is -0.197 e. The Balaban J connectivity index is 2.32. The van der Waals surface area contributed by atoms with E-state index in [0.29, 0.717) is 18.4 Å². The van der Waals surface area contributed by atoms with Crippen molar-refractivity contribution < 1.29 is 22.0 Å². The summed E-state index contributed by atoms with van der Waals surface area (Å²) in [6.07, 6.45) is -3.54. The van der Waals surface area contributed by atoms with Crippen molar-refractivity contribution in [2.45, 2.75) is 36.8 Å². The van der Waals surface area contributed by atoms with Crippen molar-refractivity contribution in [3.63, 3.8) is 0 Å².